The van der Waals surface area contributed by atoms with Gasteiger partial charge in [-0.3, -0.25) is 33.6 Å². The van der Waals surface area contributed by atoms with Crippen LogP contribution in [0.25, 0.3) is 11.0 Å². The summed E-state index contributed by atoms with van der Waals surface area (Å²) in [5, 5.41) is 22.3. The lowest BCUT2D eigenvalue weighted by atomic mass is 9.62. The molecule has 1 aromatic heterocycles. The number of imide groups is 1. The maximum Gasteiger partial charge on any atom is 0.329 e. The molecule has 4 N–H and O–H groups in total. The summed E-state index contributed by atoms with van der Waals surface area (Å²) in [6.45, 7) is 6.11. The van der Waals surface area contributed by atoms with Gasteiger partial charge in [0, 0.05) is 60.1 Å². The molecule has 0 saturated carbocycles. The van der Waals surface area contributed by atoms with E-state index in [1.807, 2.05) is 20.8 Å². The van der Waals surface area contributed by atoms with Crippen molar-refractivity contribution in [2.24, 2.45) is 12.5 Å². The fourth-order valence-corrected chi connectivity index (χ4v) is 9.36. The van der Waals surface area contributed by atoms with Crippen molar-refractivity contribution in [2.75, 3.05) is 19.0 Å². The molecule has 2 fully saturated rings. The van der Waals surface area contributed by atoms with Crippen molar-refractivity contribution in [3.63, 3.8) is 0 Å². The van der Waals surface area contributed by atoms with Crippen LogP contribution in [0.1, 0.15) is 91.9 Å². The number of piperidine rings is 1. The molecule has 0 bridgehead atoms. The predicted molar refractivity (Wildman–Crippen MR) is 246 cm³/mol. The number of hydrogen-bond acceptors (Lipinski definition) is 8. The van der Waals surface area contributed by atoms with E-state index in [2.05, 4.69) is 39.2 Å². The highest BCUT2D eigenvalue weighted by atomic mass is 35.5. The van der Waals surface area contributed by atoms with Gasteiger partial charge in [-0.15, -0.1) is 0 Å². The molecule has 0 radical (unpaired) electrons. The fourth-order valence-electron chi connectivity index (χ4n) is 9.02. The van der Waals surface area contributed by atoms with Crippen LogP contribution in [0.4, 0.5) is 14.5 Å². The molecule has 5 atom stereocenters. The monoisotopic (exact) mass is 937 g/mol. The van der Waals surface area contributed by atoms with Crippen LogP contribution in [0, 0.1) is 40.2 Å². The SMILES string of the molecule is COc1cc(C(=O)NCCCC#Cc2ccc3c(c2)n(C)c(=O)n3C2CCC(=O)NC2=O)ccc1NC(=O)[C@@H]1N[C@@H](CC(C)(C)C)[C@](C#N)(c2ccc(Cl)cc2F)[C@H]1c1cccc(Cl)c1F. The Morgan fingerprint density at radius 2 is 1.79 bits per heavy atom. The number of nitrogens with zero attached hydrogens (tertiary/aromatic N) is 3. The Bertz CT molecular complexity index is 2950. The van der Waals surface area contributed by atoms with Gasteiger partial charge >= 0.3 is 5.69 Å². The van der Waals surface area contributed by atoms with E-state index in [-0.39, 0.29) is 75.6 Å². The highest BCUT2D eigenvalue weighted by Crippen LogP contribution is 2.53. The molecule has 2 saturated heterocycles. The van der Waals surface area contributed by atoms with Crippen LogP contribution in [0.2, 0.25) is 10.0 Å². The maximum atomic E-state index is 16.1. The van der Waals surface area contributed by atoms with E-state index in [1.165, 1.54) is 64.8 Å². The average Bonchev–Trinajstić information content (AvgIpc) is 3.71. The van der Waals surface area contributed by atoms with Crippen LogP contribution in [0.3, 0.4) is 0 Å². The Morgan fingerprint density at radius 3 is 2.48 bits per heavy atom. The van der Waals surface area contributed by atoms with Crippen LogP contribution < -0.4 is 31.7 Å². The molecule has 4 aromatic carbocycles. The molecule has 66 heavy (non-hydrogen) atoms. The largest absolute Gasteiger partial charge is 0.495 e. The van der Waals surface area contributed by atoms with Crippen molar-refractivity contribution in [2.45, 2.75) is 82.3 Å². The number of unbranched alkanes of at least 4 members (excludes halogenated alkanes) is 1. The van der Waals surface area contributed by atoms with Gasteiger partial charge in [0.1, 0.15) is 28.8 Å². The molecular weight excluding hydrogens is 891 g/mol. The van der Waals surface area contributed by atoms with Crippen LogP contribution in [-0.2, 0) is 26.8 Å². The quantitative estimate of drug-likeness (QED) is 0.0601. The Labute approximate surface area is 389 Å². The van der Waals surface area contributed by atoms with Gasteiger partial charge in [0.25, 0.3) is 5.91 Å². The van der Waals surface area contributed by atoms with Crippen molar-refractivity contribution in [1.29, 1.82) is 5.26 Å². The molecule has 13 nitrogen and oxygen atoms in total. The Hall–Kier alpha value is -6.52. The van der Waals surface area contributed by atoms with E-state index in [9.17, 15) is 29.2 Å². The number of nitrogens with one attached hydrogen (secondary N) is 4. The van der Waals surface area contributed by atoms with Gasteiger partial charge < -0.3 is 20.7 Å². The summed E-state index contributed by atoms with van der Waals surface area (Å²) < 4.78 is 40.6. The number of rotatable bonds is 11. The van der Waals surface area contributed by atoms with Gasteiger partial charge in [0.15, 0.2) is 0 Å². The number of ether oxygens (including phenoxy) is 1. The number of benzene rings is 4. The molecule has 7 rings (SSSR count). The Morgan fingerprint density at radius 1 is 1.02 bits per heavy atom. The van der Waals surface area contributed by atoms with Gasteiger partial charge in [-0.1, -0.05) is 74.0 Å². The molecule has 0 aliphatic carbocycles. The van der Waals surface area contributed by atoms with Crippen molar-refractivity contribution < 1.29 is 32.7 Å². The second-order valence-electron chi connectivity index (χ2n) is 17.6. The zero-order chi connectivity index (χ0) is 47.7. The zero-order valence-electron chi connectivity index (χ0n) is 36.8. The number of amides is 4. The summed E-state index contributed by atoms with van der Waals surface area (Å²) >= 11 is 12.4. The van der Waals surface area contributed by atoms with Crippen molar-refractivity contribution in [3.8, 4) is 23.7 Å². The van der Waals surface area contributed by atoms with Crippen molar-refractivity contribution >= 4 is 63.6 Å². The predicted octanol–water partition coefficient (Wildman–Crippen LogP) is 7.43. The first-order chi connectivity index (χ1) is 31.4. The van der Waals surface area contributed by atoms with Gasteiger partial charge in [-0.05, 0) is 84.8 Å². The van der Waals surface area contributed by atoms with Gasteiger partial charge in [0.2, 0.25) is 17.7 Å². The molecule has 1 unspecified atom stereocenters. The number of aromatic nitrogens is 2. The fraction of sp³-hybridized carbons (Fsp3) is 0.347. The van der Waals surface area contributed by atoms with Crippen LogP contribution >= 0.6 is 23.2 Å². The lowest BCUT2D eigenvalue weighted by Crippen LogP contribution is -2.45. The lowest BCUT2D eigenvalue weighted by Gasteiger charge is -2.37. The number of nitriles is 1. The summed E-state index contributed by atoms with van der Waals surface area (Å²) in [6.07, 6.45) is 1.61. The number of imidazole rings is 1. The number of aryl methyl sites for hydroxylation is 1. The van der Waals surface area contributed by atoms with Gasteiger partial charge in [0.05, 0.1) is 41.0 Å². The van der Waals surface area contributed by atoms with E-state index in [0.717, 1.165) is 6.07 Å². The number of halogens is 4. The molecule has 2 aliphatic rings. The Kier molecular flexibility index (Phi) is 13.8. The third kappa shape index (κ3) is 9.29. The van der Waals surface area contributed by atoms with E-state index in [0.29, 0.717) is 29.4 Å². The first-order valence-electron chi connectivity index (χ1n) is 21.3. The van der Waals surface area contributed by atoms with Crippen molar-refractivity contribution in [3.05, 3.63) is 127 Å². The van der Waals surface area contributed by atoms with E-state index in [4.69, 9.17) is 27.9 Å². The normalized spacial score (nSPS) is 20.5. The van der Waals surface area contributed by atoms with E-state index >= 15 is 8.78 Å². The molecule has 0 spiro atoms. The lowest BCUT2D eigenvalue weighted by molar-refractivity contribution is -0.135. The van der Waals surface area contributed by atoms with Gasteiger partial charge in [-0.25, -0.2) is 13.6 Å². The zero-order valence-corrected chi connectivity index (χ0v) is 38.3. The van der Waals surface area contributed by atoms with E-state index < -0.39 is 64.2 Å². The minimum absolute atomic E-state index is 0.0525. The smallest absolute Gasteiger partial charge is 0.329 e. The van der Waals surface area contributed by atoms with Crippen molar-refractivity contribution in [1.82, 2.24) is 25.1 Å². The van der Waals surface area contributed by atoms with Crippen LogP contribution in [0.5, 0.6) is 5.75 Å². The minimum atomic E-state index is -1.82. The van der Waals surface area contributed by atoms with E-state index in [1.54, 1.807) is 25.2 Å². The second-order valence-corrected chi connectivity index (χ2v) is 18.5. The third-order valence-electron chi connectivity index (χ3n) is 12.1. The standard InChI is InChI=1S/C49H47Cl2F2N7O6/c1-48(2,3)25-39-49(26-54,31-16-15-29(50)24-33(31)52)41(30-11-9-12-32(51)42(30)53)43(57-39)46(64)56-34-17-14-28(23-38(34)66-5)44(62)55-21-8-6-7-10-27-13-18-35-37(22-27)59(4)47(65)60(35)36-19-20-40(61)58-45(36)63/h9,11-18,22-24,36,39,41,43,57H,6,8,19-21,25H2,1-5H3,(H,55,62)(H,56,64)(H,58,61,63)/t36?,39-,41-,43+,49-/m0/s1. The summed E-state index contributed by atoms with van der Waals surface area (Å²) in [5.74, 6) is 1.45. The molecular formula is C49H47Cl2F2N7O6. The molecule has 2 aliphatic heterocycles. The number of fused-ring (bicyclic) bond motifs is 1. The number of carbonyl (C=O) groups excluding carboxylic acids is 4. The Balaban J connectivity index is 1.05. The molecule has 3 heterocycles. The summed E-state index contributed by atoms with van der Waals surface area (Å²) in [5.41, 5.74) is -0.509. The molecule has 4 amide bonds. The average molecular weight is 939 g/mol. The number of carbonyl (C=O) groups is 4. The molecule has 17 heteroatoms. The second kappa shape index (κ2) is 19.1. The first kappa shape index (κ1) is 47.4. The van der Waals surface area contributed by atoms with Crippen LogP contribution in [0.15, 0.2) is 77.6 Å². The summed E-state index contributed by atoms with van der Waals surface area (Å²) in [4.78, 5) is 65.0. The number of methoxy groups -OCH3 is 1. The maximum absolute atomic E-state index is 16.1. The highest BCUT2D eigenvalue weighted by Gasteiger charge is 2.61. The highest BCUT2D eigenvalue weighted by molar-refractivity contribution is 6.31. The summed E-state index contributed by atoms with van der Waals surface area (Å²) in [7, 11) is 2.98. The summed E-state index contributed by atoms with van der Waals surface area (Å²) in [6, 6.07) is 17.3. The molecule has 342 valence electrons. The minimum Gasteiger partial charge on any atom is -0.495 e. The molecule has 5 aromatic rings. The topological polar surface area (TPSA) is 176 Å². The third-order valence-corrected chi connectivity index (χ3v) is 12.6. The first-order valence-corrected chi connectivity index (χ1v) is 22.0. The number of hydrogen-bond donors (Lipinski definition) is 4. The van der Waals surface area contributed by atoms with Crippen LogP contribution in [-0.4, -0.2) is 58.5 Å². The number of anilines is 1. The van der Waals surface area contributed by atoms with Gasteiger partial charge in [-0.2, -0.15) is 5.26 Å².